The summed E-state index contributed by atoms with van der Waals surface area (Å²) in [5, 5.41) is 18.4. The second kappa shape index (κ2) is 10.7. The summed E-state index contributed by atoms with van der Waals surface area (Å²) in [6, 6.07) is 7.60. The normalized spacial score (nSPS) is 10.9. The van der Waals surface area contributed by atoms with Crippen LogP contribution in [-0.2, 0) is 25.8 Å². The SMILES string of the molecule is C[C@H](NC(=O)CNC(=O)CNC(=O)CN)C(=O)Nc1c#cc(CO)cc1. The molecule has 1 rings (SSSR count). The van der Waals surface area contributed by atoms with Crippen LogP contribution >= 0.6 is 0 Å². The average Bonchev–Trinajstić information content (AvgIpc) is 2.64. The van der Waals surface area contributed by atoms with Crippen LogP contribution in [0, 0.1) is 12.1 Å². The maximum atomic E-state index is 12.0. The first kappa shape index (κ1) is 20.9. The van der Waals surface area contributed by atoms with Crippen LogP contribution in [0.1, 0.15) is 12.5 Å². The number of aliphatic hydroxyl groups excluding tert-OH is 1. The maximum absolute atomic E-state index is 12.0. The molecule has 0 spiro atoms. The van der Waals surface area contributed by atoms with Crippen LogP contribution in [0.4, 0.5) is 5.69 Å². The third-order valence-corrected chi connectivity index (χ3v) is 3.09. The number of nitrogens with one attached hydrogen (secondary N) is 4. The zero-order valence-electron chi connectivity index (χ0n) is 14.2. The first-order chi connectivity index (χ1) is 12.3. The number of hydrogen-bond acceptors (Lipinski definition) is 6. The molecule has 4 amide bonds. The molecule has 0 saturated carbocycles. The van der Waals surface area contributed by atoms with Gasteiger partial charge in [-0.1, -0.05) is 6.07 Å². The number of hydrogen-bond donors (Lipinski definition) is 6. The van der Waals surface area contributed by atoms with E-state index in [9.17, 15) is 19.2 Å². The van der Waals surface area contributed by atoms with E-state index in [1.54, 1.807) is 12.1 Å². The zero-order chi connectivity index (χ0) is 19.5. The molecule has 0 saturated heterocycles. The van der Waals surface area contributed by atoms with Crippen molar-refractivity contribution in [2.75, 3.05) is 25.0 Å². The molecule has 1 aromatic rings. The van der Waals surface area contributed by atoms with E-state index in [0.717, 1.165) is 0 Å². The zero-order valence-corrected chi connectivity index (χ0v) is 14.2. The largest absolute Gasteiger partial charge is 0.391 e. The van der Waals surface area contributed by atoms with Crippen molar-refractivity contribution >= 4 is 29.3 Å². The van der Waals surface area contributed by atoms with Gasteiger partial charge in [0.1, 0.15) is 6.04 Å². The van der Waals surface area contributed by atoms with Gasteiger partial charge in [-0.25, -0.2) is 0 Å². The Kier molecular flexibility index (Phi) is 8.56. The van der Waals surface area contributed by atoms with Crippen molar-refractivity contribution in [2.24, 2.45) is 5.73 Å². The van der Waals surface area contributed by atoms with E-state index in [-0.39, 0.29) is 26.2 Å². The Bertz CT molecular complexity index is 647. The van der Waals surface area contributed by atoms with E-state index in [0.29, 0.717) is 11.3 Å². The molecule has 7 N–H and O–H groups in total. The highest BCUT2D eigenvalue weighted by Crippen LogP contribution is 2.04. The second-order valence-corrected chi connectivity index (χ2v) is 5.22. The summed E-state index contributed by atoms with van der Waals surface area (Å²) in [6.07, 6.45) is 0. The fraction of sp³-hybridized carbons (Fsp3) is 0.375. The maximum Gasteiger partial charge on any atom is 0.247 e. The fourth-order valence-electron chi connectivity index (χ4n) is 1.67. The van der Waals surface area contributed by atoms with Gasteiger partial charge in [0.05, 0.1) is 31.9 Å². The van der Waals surface area contributed by atoms with Crippen LogP contribution in [0.5, 0.6) is 0 Å². The molecule has 1 aromatic carbocycles. The molecular weight excluding hydrogens is 342 g/mol. The molecule has 0 bridgehead atoms. The smallest absolute Gasteiger partial charge is 0.247 e. The third-order valence-electron chi connectivity index (χ3n) is 3.09. The van der Waals surface area contributed by atoms with Crippen LogP contribution in [0.2, 0.25) is 0 Å². The monoisotopic (exact) mass is 363 g/mol. The molecule has 0 aromatic heterocycles. The molecule has 140 valence electrons. The molecule has 0 aliphatic carbocycles. The molecule has 10 nitrogen and oxygen atoms in total. The van der Waals surface area contributed by atoms with E-state index in [1.165, 1.54) is 6.92 Å². The van der Waals surface area contributed by atoms with Gasteiger partial charge in [-0.15, -0.1) is 0 Å². The van der Waals surface area contributed by atoms with Crippen LogP contribution < -0.4 is 27.0 Å². The molecule has 10 heteroatoms. The average molecular weight is 363 g/mol. The lowest BCUT2D eigenvalue weighted by molar-refractivity contribution is -0.128. The molecule has 1 atom stereocenters. The fourth-order valence-corrected chi connectivity index (χ4v) is 1.67. The Balaban J connectivity index is 2.34. The third kappa shape index (κ3) is 7.61. The van der Waals surface area contributed by atoms with Crippen molar-refractivity contribution in [3.8, 4) is 0 Å². The minimum absolute atomic E-state index is 0.182. The lowest BCUT2D eigenvalue weighted by Crippen LogP contribution is -2.47. The summed E-state index contributed by atoms with van der Waals surface area (Å²) in [5.41, 5.74) is 5.95. The Labute approximate surface area is 150 Å². The Morgan fingerprint density at radius 3 is 2.31 bits per heavy atom. The highest BCUT2D eigenvalue weighted by atomic mass is 16.3. The van der Waals surface area contributed by atoms with Gasteiger partial charge in [0.15, 0.2) is 0 Å². The number of nitrogens with two attached hydrogens (primary N) is 1. The van der Waals surface area contributed by atoms with E-state index in [1.807, 2.05) is 0 Å². The quantitative estimate of drug-likeness (QED) is 0.282. The Hall–Kier alpha value is -3.16. The van der Waals surface area contributed by atoms with Crippen LogP contribution in [0.25, 0.3) is 0 Å². The molecule has 0 radical (unpaired) electrons. The van der Waals surface area contributed by atoms with Gasteiger partial charge in [-0.3, -0.25) is 19.2 Å². The predicted molar refractivity (Wildman–Crippen MR) is 91.3 cm³/mol. The van der Waals surface area contributed by atoms with Crippen molar-refractivity contribution < 1.29 is 24.3 Å². The number of carbonyl (C=O) groups is 4. The molecular formula is C16H21N5O5. The molecule has 0 aliphatic rings. The van der Waals surface area contributed by atoms with Gasteiger partial charge in [0.2, 0.25) is 23.6 Å². The van der Waals surface area contributed by atoms with Crippen molar-refractivity contribution in [1.82, 2.24) is 16.0 Å². The summed E-state index contributed by atoms with van der Waals surface area (Å²) in [4.78, 5) is 46.1. The van der Waals surface area contributed by atoms with Crippen LogP contribution in [0.3, 0.4) is 0 Å². The number of aliphatic hydroxyl groups is 1. The number of anilines is 1. The van der Waals surface area contributed by atoms with Crippen LogP contribution in [0.15, 0.2) is 12.1 Å². The van der Waals surface area contributed by atoms with Gasteiger partial charge < -0.3 is 32.1 Å². The molecule has 26 heavy (non-hydrogen) atoms. The topological polar surface area (TPSA) is 163 Å². The first-order valence-electron chi connectivity index (χ1n) is 7.73. The van der Waals surface area contributed by atoms with E-state index < -0.39 is 29.7 Å². The predicted octanol–water partition coefficient (Wildman–Crippen LogP) is -2.59. The summed E-state index contributed by atoms with van der Waals surface area (Å²) >= 11 is 0. The number of carbonyl (C=O) groups excluding carboxylic acids is 4. The summed E-state index contributed by atoms with van der Waals surface area (Å²) < 4.78 is 0. The highest BCUT2D eigenvalue weighted by molar-refractivity contribution is 5.97. The van der Waals surface area contributed by atoms with Gasteiger partial charge in [-0.05, 0) is 25.1 Å². The van der Waals surface area contributed by atoms with Crippen molar-refractivity contribution in [2.45, 2.75) is 19.6 Å². The Morgan fingerprint density at radius 1 is 1.08 bits per heavy atom. The van der Waals surface area contributed by atoms with Crippen LogP contribution in [-0.4, -0.2) is 54.4 Å². The van der Waals surface area contributed by atoms with Gasteiger partial charge in [0.25, 0.3) is 0 Å². The minimum atomic E-state index is -0.859. The first-order valence-corrected chi connectivity index (χ1v) is 7.73. The van der Waals surface area contributed by atoms with Gasteiger partial charge in [-0.2, -0.15) is 0 Å². The summed E-state index contributed by atoms with van der Waals surface area (Å²) in [7, 11) is 0. The number of rotatable bonds is 9. The van der Waals surface area contributed by atoms with E-state index in [4.69, 9.17) is 10.8 Å². The second-order valence-electron chi connectivity index (χ2n) is 5.22. The van der Waals surface area contributed by atoms with Crippen molar-refractivity contribution in [3.05, 3.63) is 29.8 Å². The van der Waals surface area contributed by atoms with Gasteiger partial charge >= 0.3 is 0 Å². The molecule has 0 unspecified atom stereocenters. The Morgan fingerprint density at radius 2 is 1.73 bits per heavy atom. The van der Waals surface area contributed by atoms with E-state index >= 15 is 0 Å². The number of amides is 4. The van der Waals surface area contributed by atoms with Crippen molar-refractivity contribution in [1.29, 1.82) is 0 Å². The van der Waals surface area contributed by atoms with Crippen molar-refractivity contribution in [3.63, 3.8) is 0 Å². The molecule has 0 heterocycles. The lowest BCUT2D eigenvalue weighted by Gasteiger charge is -2.14. The summed E-state index contributed by atoms with van der Waals surface area (Å²) in [5.74, 6) is -2.11. The highest BCUT2D eigenvalue weighted by Gasteiger charge is 2.16. The summed E-state index contributed by atoms with van der Waals surface area (Å²) in [6.45, 7) is 0.412. The van der Waals surface area contributed by atoms with E-state index in [2.05, 4.69) is 33.4 Å². The minimum Gasteiger partial charge on any atom is -0.391 e. The molecule has 0 aliphatic heterocycles. The standard InChI is InChI=1S/C16H21N5O5/c1-10(16(26)21-12-4-2-11(9-22)3-5-12)20-15(25)8-19-14(24)7-18-13(23)6-17/h2,4,10,22H,6-9,17H2,1H3,(H,18,23)(H,19,24)(H,20,25)(H,21,26)/t10-/m0/s1. The molecule has 0 fully saturated rings. The van der Waals surface area contributed by atoms with Gasteiger partial charge in [0, 0.05) is 5.56 Å². The lowest BCUT2D eigenvalue weighted by atomic mass is 10.2.